The maximum Gasteiger partial charge on any atom is -0.00974 e. The molecule has 0 fully saturated rings. The van der Waals surface area contributed by atoms with Crippen molar-refractivity contribution < 1.29 is 0 Å². The largest absolute Gasteiger partial charge is 0.103 e. The van der Waals surface area contributed by atoms with Crippen molar-refractivity contribution in [3.05, 3.63) is 60.7 Å². The van der Waals surface area contributed by atoms with Crippen LogP contribution < -0.4 is 0 Å². The van der Waals surface area contributed by atoms with Gasteiger partial charge in [0.05, 0.1) is 0 Å². The molecule has 0 atom stereocenters. The second-order valence-corrected chi connectivity index (χ2v) is 3.84. The van der Waals surface area contributed by atoms with Crippen LogP contribution in [0, 0.1) is 0 Å². The molecule has 0 N–H and O–H groups in total. The Morgan fingerprint density at radius 1 is 1.19 bits per heavy atom. The van der Waals surface area contributed by atoms with Gasteiger partial charge in [-0.15, -0.1) is 6.58 Å². The van der Waals surface area contributed by atoms with E-state index in [4.69, 9.17) is 0 Å². The molecule has 84 valence electrons. The van der Waals surface area contributed by atoms with E-state index in [9.17, 15) is 0 Å². The molecule has 1 aromatic carbocycles. The van der Waals surface area contributed by atoms with E-state index >= 15 is 0 Å². The first-order chi connectivity index (χ1) is 7.81. The Morgan fingerprint density at radius 2 is 1.88 bits per heavy atom. The summed E-state index contributed by atoms with van der Waals surface area (Å²) >= 11 is 0. The van der Waals surface area contributed by atoms with Gasteiger partial charge in [0.1, 0.15) is 0 Å². The number of benzene rings is 1. The molecule has 0 heteroatoms. The highest BCUT2D eigenvalue weighted by Crippen LogP contribution is 2.20. The molecule has 0 aliphatic carbocycles. The van der Waals surface area contributed by atoms with Gasteiger partial charge in [-0.3, -0.25) is 0 Å². The summed E-state index contributed by atoms with van der Waals surface area (Å²) in [6, 6.07) is 8.51. The predicted molar refractivity (Wildman–Crippen MR) is 74.2 cm³/mol. The van der Waals surface area contributed by atoms with Crippen LogP contribution in [-0.2, 0) is 0 Å². The number of hydrogen-bond donors (Lipinski definition) is 0. The van der Waals surface area contributed by atoms with E-state index in [2.05, 4.69) is 50.4 Å². The Morgan fingerprint density at radius 3 is 2.38 bits per heavy atom. The van der Waals surface area contributed by atoms with Gasteiger partial charge in [-0.05, 0) is 29.5 Å². The van der Waals surface area contributed by atoms with Crippen molar-refractivity contribution in [1.82, 2.24) is 0 Å². The van der Waals surface area contributed by atoms with Crippen LogP contribution in [0.25, 0.3) is 11.6 Å². The molecule has 0 bridgehead atoms. The zero-order valence-electron chi connectivity index (χ0n) is 10.1. The lowest BCUT2D eigenvalue weighted by molar-refractivity contribution is 0.957. The van der Waals surface area contributed by atoms with Crippen molar-refractivity contribution in [2.45, 2.75) is 26.2 Å². The molecular weight excluding hydrogens is 192 g/mol. The standard InChI is InChI=1S/C16H20/c1-4-7-9-15(8-5-2)16-12-10-14(6-3)11-13-16/h5-6,9-13H,2-4,7-8H2,1H3/b15-9+. The molecule has 0 spiro atoms. The third kappa shape index (κ3) is 3.54. The lowest BCUT2D eigenvalue weighted by Crippen LogP contribution is -1.84. The molecular formula is C16H20. The molecule has 16 heavy (non-hydrogen) atoms. The zero-order valence-corrected chi connectivity index (χ0v) is 10.1. The van der Waals surface area contributed by atoms with Crippen LogP contribution in [0.1, 0.15) is 37.3 Å². The van der Waals surface area contributed by atoms with Gasteiger partial charge < -0.3 is 0 Å². The first-order valence-electron chi connectivity index (χ1n) is 5.84. The van der Waals surface area contributed by atoms with Crippen molar-refractivity contribution in [3.8, 4) is 0 Å². The number of unbranched alkanes of at least 4 members (excludes halogenated alkanes) is 1. The fourth-order valence-corrected chi connectivity index (χ4v) is 1.63. The summed E-state index contributed by atoms with van der Waals surface area (Å²) in [5, 5.41) is 0. The summed E-state index contributed by atoms with van der Waals surface area (Å²) in [6.45, 7) is 9.77. The SMILES string of the molecule is C=CC/C(=C\CCC)c1ccc(C=C)cc1. The van der Waals surface area contributed by atoms with E-state index in [0.717, 1.165) is 18.4 Å². The number of rotatable bonds is 6. The van der Waals surface area contributed by atoms with Crippen LogP contribution in [0.4, 0.5) is 0 Å². The Balaban J connectivity index is 2.91. The minimum absolute atomic E-state index is 0.938. The minimum atomic E-state index is 0.938. The molecule has 1 aromatic rings. The lowest BCUT2D eigenvalue weighted by atomic mass is 10.00. The fourth-order valence-electron chi connectivity index (χ4n) is 1.63. The maximum absolute atomic E-state index is 3.81. The topological polar surface area (TPSA) is 0 Å². The van der Waals surface area contributed by atoms with Gasteiger partial charge in [0.25, 0.3) is 0 Å². The normalized spacial score (nSPS) is 11.2. The number of hydrogen-bond acceptors (Lipinski definition) is 0. The molecule has 0 saturated heterocycles. The monoisotopic (exact) mass is 212 g/mol. The van der Waals surface area contributed by atoms with Gasteiger partial charge in [0.2, 0.25) is 0 Å². The van der Waals surface area contributed by atoms with Gasteiger partial charge in [-0.2, -0.15) is 0 Å². The molecule has 0 aromatic heterocycles. The van der Waals surface area contributed by atoms with Crippen LogP contribution >= 0.6 is 0 Å². The van der Waals surface area contributed by atoms with Gasteiger partial charge in [0.15, 0.2) is 0 Å². The summed E-state index contributed by atoms with van der Waals surface area (Å²) in [5.41, 5.74) is 3.82. The molecule has 1 rings (SSSR count). The second-order valence-electron chi connectivity index (χ2n) is 3.84. The molecule has 0 unspecified atom stereocenters. The fraction of sp³-hybridized carbons (Fsp3) is 0.250. The first kappa shape index (κ1) is 12.5. The average molecular weight is 212 g/mol. The molecule has 0 aliphatic heterocycles. The highest BCUT2D eigenvalue weighted by Gasteiger charge is 1.98. The second kappa shape index (κ2) is 6.84. The Hall–Kier alpha value is -1.56. The summed E-state index contributed by atoms with van der Waals surface area (Å²) < 4.78 is 0. The third-order valence-corrected chi connectivity index (χ3v) is 2.56. The van der Waals surface area contributed by atoms with Crippen LogP contribution in [0.3, 0.4) is 0 Å². The van der Waals surface area contributed by atoms with Crippen LogP contribution in [0.15, 0.2) is 49.6 Å². The zero-order chi connectivity index (χ0) is 11.8. The highest BCUT2D eigenvalue weighted by atomic mass is 14.0. The van der Waals surface area contributed by atoms with E-state index in [1.54, 1.807) is 0 Å². The average Bonchev–Trinajstić information content (AvgIpc) is 2.35. The van der Waals surface area contributed by atoms with Gasteiger partial charge in [0, 0.05) is 0 Å². The predicted octanol–water partition coefficient (Wildman–Crippen LogP) is 5.09. The third-order valence-electron chi connectivity index (χ3n) is 2.56. The van der Waals surface area contributed by atoms with Crippen molar-refractivity contribution in [3.63, 3.8) is 0 Å². The maximum atomic E-state index is 3.81. The Kier molecular flexibility index (Phi) is 5.35. The highest BCUT2D eigenvalue weighted by molar-refractivity contribution is 5.67. The van der Waals surface area contributed by atoms with Crippen LogP contribution in [-0.4, -0.2) is 0 Å². The van der Waals surface area contributed by atoms with Crippen molar-refractivity contribution in [2.24, 2.45) is 0 Å². The van der Waals surface area contributed by atoms with Crippen molar-refractivity contribution in [1.29, 1.82) is 0 Å². The van der Waals surface area contributed by atoms with E-state index < -0.39 is 0 Å². The number of allylic oxidation sites excluding steroid dienone is 3. The van der Waals surface area contributed by atoms with Crippen LogP contribution in [0.5, 0.6) is 0 Å². The van der Waals surface area contributed by atoms with E-state index in [-0.39, 0.29) is 0 Å². The van der Waals surface area contributed by atoms with Gasteiger partial charge in [-0.25, -0.2) is 0 Å². The summed E-state index contributed by atoms with van der Waals surface area (Å²) in [5.74, 6) is 0. The summed E-state index contributed by atoms with van der Waals surface area (Å²) in [4.78, 5) is 0. The first-order valence-corrected chi connectivity index (χ1v) is 5.84. The smallest absolute Gasteiger partial charge is 0.00974 e. The van der Waals surface area contributed by atoms with Crippen molar-refractivity contribution >= 4 is 11.6 Å². The molecule has 0 nitrogen and oxygen atoms in total. The van der Waals surface area contributed by atoms with E-state index in [1.807, 2.05) is 12.2 Å². The lowest BCUT2D eigenvalue weighted by Gasteiger charge is -2.06. The minimum Gasteiger partial charge on any atom is -0.103 e. The van der Waals surface area contributed by atoms with E-state index in [0.29, 0.717) is 0 Å². The van der Waals surface area contributed by atoms with Crippen molar-refractivity contribution in [2.75, 3.05) is 0 Å². The molecule has 0 aliphatic rings. The molecule has 0 radical (unpaired) electrons. The quantitative estimate of drug-likeness (QED) is 0.576. The Bertz CT molecular complexity index is 366. The van der Waals surface area contributed by atoms with Gasteiger partial charge >= 0.3 is 0 Å². The summed E-state index contributed by atoms with van der Waals surface area (Å²) in [7, 11) is 0. The van der Waals surface area contributed by atoms with Crippen LogP contribution in [0.2, 0.25) is 0 Å². The summed E-state index contributed by atoms with van der Waals surface area (Å²) in [6.07, 6.45) is 9.39. The molecule has 0 saturated carbocycles. The molecule has 0 heterocycles. The Labute approximate surface area is 99.0 Å². The molecule has 0 amide bonds. The van der Waals surface area contributed by atoms with Gasteiger partial charge in [-0.1, -0.05) is 62.4 Å². The van der Waals surface area contributed by atoms with E-state index in [1.165, 1.54) is 17.6 Å².